The van der Waals surface area contributed by atoms with Crippen LogP contribution in [0.5, 0.6) is 0 Å². The monoisotopic (exact) mass is 1940 g/mol. The molecule has 7 rings (SSSR count). The van der Waals surface area contributed by atoms with Gasteiger partial charge in [0.05, 0.1) is 288 Å². The third kappa shape index (κ3) is 44.1. The maximum absolute atomic E-state index is 14.2. The summed E-state index contributed by atoms with van der Waals surface area (Å²) in [6.07, 6.45) is -8.62. The van der Waals surface area contributed by atoms with E-state index in [2.05, 4.69) is 62.8 Å². The molecule has 53 nitrogen and oxygen atoms in total. The molecule has 16 atom stereocenters. The number of aliphatic hydroxyl groups is 9. The van der Waals surface area contributed by atoms with Crippen molar-refractivity contribution in [1.82, 2.24) is 81.8 Å². The van der Waals surface area contributed by atoms with Crippen molar-refractivity contribution in [3.05, 3.63) is 35.7 Å². The number of hydrogen-bond acceptors (Lipinski definition) is 43. The van der Waals surface area contributed by atoms with Crippen LogP contribution in [0.4, 0.5) is 0 Å². The molecule has 0 aromatic carbocycles. The number of hydrogen-bond donors (Lipinski definition) is 15. The van der Waals surface area contributed by atoms with Gasteiger partial charge in [0.2, 0.25) is 47.3 Å². The van der Waals surface area contributed by atoms with Crippen LogP contribution in [0, 0.1) is 11.8 Å². The van der Waals surface area contributed by atoms with Crippen molar-refractivity contribution in [2.45, 2.75) is 190 Å². The predicted molar refractivity (Wildman–Crippen MR) is 457 cm³/mol. The first-order chi connectivity index (χ1) is 65.3. The second-order valence-electron chi connectivity index (χ2n) is 31.9. The van der Waals surface area contributed by atoms with Crippen LogP contribution >= 0.6 is 0 Å². The lowest BCUT2D eigenvalue weighted by Crippen LogP contribution is -2.64. The number of imide groups is 1. The Balaban J connectivity index is 0.864. The van der Waals surface area contributed by atoms with Crippen molar-refractivity contribution in [1.29, 1.82) is 0 Å². The molecular weight excluding hydrogens is 1800 g/mol. The Bertz CT molecular complexity index is 3540. The van der Waals surface area contributed by atoms with Gasteiger partial charge >= 0.3 is 0 Å². The number of aliphatic hydroxyl groups excluding tert-OH is 9. The van der Waals surface area contributed by atoms with Crippen LogP contribution in [0.3, 0.4) is 0 Å². The molecule has 53 heteroatoms. The molecule has 0 bridgehead atoms. The number of rotatable bonds is 76. The van der Waals surface area contributed by atoms with Crippen LogP contribution in [-0.4, -0.2) is 472 Å². The van der Waals surface area contributed by atoms with Crippen molar-refractivity contribution < 1.29 is 179 Å². The predicted octanol–water partition coefficient (Wildman–Crippen LogP) is -9.19. The van der Waals surface area contributed by atoms with Crippen LogP contribution < -0.4 is 31.9 Å². The second kappa shape index (κ2) is 66.0. The van der Waals surface area contributed by atoms with Crippen molar-refractivity contribution in [3.8, 4) is 0 Å². The molecule has 7 unspecified atom stereocenters. The van der Waals surface area contributed by atoms with Crippen LogP contribution in [0.25, 0.3) is 0 Å². The van der Waals surface area contributed by atoms with E-state index in [9.17, 15) is 84.3 Å². The fourth-order valence-electron chi connectivity index (χ4n) is 14.0. The molecule has 1 aliphatic carbocycles. The number of aromatic nitrogens is 9. The number of nitrogens with one attached hydrogen (secondary N) is 6. The molecule has 8 amide bonds. The molecule has 4 aliphatic rings. The van der Waals surface area contributed by atoms with Gasteiger partial charge in [0.1, 0.15) is 77.4 Å². The average molecular weight is 1940 g/mol. The SMILES string of the molecule is CC(=O)N[C@@H]1C(O)[C@H](O)C(CO)O[C@@H]1OCCOCCOCCn1cc(COCC(COCc2cn(CCOCCOCCO[C@H]3OC(CO)[C@@H](O)C(O)[C@H]3NC(C)=O)nn2)(COCc2cn(CCOCCOCCO[C@H]3CC(CO)[C@@H](O)C(O)[C@H]3NC(C)=O)nn2)NC(=O)CCNC(=O)CCOCCOCCOCCOCCOCCOCCNC(=O)CCN2C(=O)CC(C)C2=O)nn1. The van der Waals surface area contributed by atoms with Gasteiger partial charge in [-0.3, -0.25) is 43.3 Å². The average Bonchev–Trinajstić information content (AvgIpc) is 1.54. The number of ether oxygens (including phenoxy) is 20. The van der Waals surface area contributed by atoms with E-state index in [1.54, 1.807) is 39.6 Å². The summed E-state index contributed by atoms with van der Waals surface area (Å²) < 4.78 is 120. The first-order valence-corrected chi connectivity index (χ1v) is 45.2. The highest BCUT2D eigenvalue weighted by Gasteiger charge is 2.48. The van der Waals surface area contributed by atoms with Crippen molar-refractivity contribution >= 4 is 47.3 Å². The molecule has 4 fully saturated rings. The number of nitrogens with zero attached hydrogens (tertiary/aromatic N) is 10. The maximum atomic E-state index is 14.2. The molecule has 0 radical (unpaired) electrons. The lowest BCUT2D eigenvalue weighted by atomic mass is 9.79. The minimum absolute atomic E-state index is 0.0188. The van der Waals surface area contributed by atoms with E-state index >= 15 is 0 Å². The van der Waals surface area contributed by atoms with E-state index in [1.165, 1.54) is 20.8 Å². The molecule has 1 saturated carbocycles. The van der Waals surface area contributed by atoms with Gasteiger partial charge in [-0.1, -0.05) is 22.6 Å². The van der Waals surface area contributed by atoms with E-state index < -0.39 is 134 Å². The van der Waals surface area contributed by atoms with Gasteiger partial charge in [0.15, 0.2) is 12.6 Å². The highest BCUT2D eigenvalue weighted by atomic mass is 16.7. The third-order valence-electron chi connectivity index (χ3n) is 21.0. The Morgan fingerprint density at radius 3 is 1.14 bits per heavy atom. The summed E-state index contributed by atoms with van der Waals surface area (Å²) in [6, 6.07) is -3.09. The summed E-state index contributed by atoms with van der Waals surface area (Å²) in [6.45, 7) is 9.32. The van der Waals surface area contributed by atoms with Crippen LogP contribution in [0.1, 0.15) is 76.9 Å². The van der Waals surface area contributed by atoms with Gasteiger partial charge in [0, 0.05) is 84.5 Å². The maximum Gasteiger partial charge on any atom is 0.232 e. The Morgan fingerprint density at radius 2 is 0.756 bits per heavy atom. The molecule has 770 valence electrons. The Labute approximate surface area is 780 Å². The summed E-state index contributed by atoms with van der Waals surface area (Å²) in [5.74, 6) is -4.09. The van der Waals surface area contributed by atoms with E-state index in [-0.39, 0.29) is 273 Å². The van der Waals surface area contributed by atoms with Gasteiger partial charge in [-0.05, 0) is 6.42 Å². The van der Waals surface area contributed by atoms with Crippen molar-refractivity contribution in [2.24, 2.45) is 11.8 Å². The van der Waals surface area contributed by atoms with Crippen LogP contribution in [0.2, 0.25) is 0 Å². The minimum Gasteiger partial charge on any atom is -0.396 e. The van der Waals surface area contributed by atoms with E-state index in [4.69, 9.17) is 94.7 Å². The molecule has 6 heterocycles. The highest BCUT2D eigenvalue weighted by Crippen LogP contribution is 2.29. The first kappa shape index (κ1) is 114. The van der Waals surface area contributed by atoms with Gasteiger partial charge in [-0.15, -0.1) is 15.3 Å². The summed E-state index contributed by atoms with van der Waals surface area (Å²) in [5.41, 5.74) is -0.255. The summed E-state index contributed by atoms with van der Waals surface area (Å²) in [7, 11) is 0. The standard InChI is InChI=1S/C82H140N16O37/c1-55-41-69(108)98(79(55)115)10-6-66(105)84-9-15-117-20-25-122-30-32-124-34-33-123-31-29-121-24-19-116-14-7-67(106)83-8-5-68(107)88-82(52-128-49-60-43-95(92-89-60)11-16-118-21-26-125-35-38-131-63-42-59(46-99)73(109)76(112)70(63)85-56(2)102,53-129-50-61-44-96(93-90-61)12-17-119-22-27-126-36-39-132-80-71(86-57(3)103)77(113)74(110)64(47-100)134-80)54-130-51-62-45-97(94-91-62)13-18-120-23-28-127-37-40-133-81-72(87-58(4)104)78(114)75(111)65(48-101)135-81/h43-45,55,59,63-65,70-78,80-81,99-101,109-114H,5-42,46-54H2,1-4H3,(H,83,106)(H,84,105)(H,85,102)(H,86,103)(H,87,104)(H,88,107)/t55?,59?,63-,64?,65?,70-,71+,72+,73+,74+,75+,76?,77?,78?,80-,81-,82?/m0/s1. The second-order valence-corrected chi connectivity index (χ2v) is 31.9. The van der Waals surface area contributed by atoms with Gasteiger partial charge < -0.3 is 173 Å². The quantitative estimate of drug-likeness (QED) is 0.0184. The molecule has 3 saturated heterocycles. The lowest BCUT2D eigenvalue weighted by molar-refractivity contribution is -0.272. The Hall–Kier alpha value is -7.78. The van der Waals surface area contributed by atoms with Crippen molar-refractivity contribution in [2.75, 3.05) is 238 Å². The van der Waals surface area contributed by atoms with Crippen LogP contribution in [-0.2, 0) is 173 Å². The lowest BCUT2D eigenvalue weighted by Gasteiger charge is -2.42. The van der Waals surface area contributed by atoms with Crippen molar-refractivity contribution in [3.63, 3.8) is 0 Å². The van der Waals surface area contributed by atoms with Gasteiger partial charge in [0.25, 0.3) is 0 Å². The molecule has 3 aliphatic heterocycles. The Kier molecular flexibility index (Phi) is 55.8. The Morgan fingerprint density at radius 1 is 0.400 bits per heavy atom. The molecule has 0 spiro atoms. The van der Waals surface area contributed by atoms with Gasteiger partial charge in [-0.2, -0.15) is 0 Å². The van der Waals surface area contributed by atoms with Gasteiger partial charge in [-0.25, -0.2) is 14.0 Å². The third-order valence-corrected chi connectivity index (χ3v) is 21.0. The fourth-order valence-corrected chi connectivity index (χ4v) is 14.0. The molecule has 135 heavy (non-hydrogen) atoms. The zero-order chi connectivity index (χ0) is 97.4. The normalized spacial score (nSPS) is 23.5. The smallest absolute Gasteiger partial charge is 0.232 e. The van der Waals surface area contributed by atoms with E-state index in [0.29, 0.717) is 69.9 Å². The zero-order valence-electron chi connectivity index (χ0n) is 77.1. The largest absolute Gasteiger partial charge is 0.396 e. The molecular formula is C82H140N16O37. The zero-order valence-corrected chi connectivity index (χ0v) is 77.1. The number of carbonyl (C=O) groups excluding carboxylic acids is 8. The number of amides is 8. The van der Waals surface area contributed by atoms with Crippen LogP contribution in [0.15, 0.2) is 18.6 Å². The molecule has 3 aromatic rings. The number of likely N-dealkylation sites (tertiary alicyclic amines) is 1. The summed E-state index contributed by atoms with van der Waals surface area (Å²) in [4.78, 5) is 100.0. The highest BCUT2D eigenvalue weighted by molar-refractivity contribution is 6.03. The first-order valence-electron chi connectivity index (χ1n) is 45.2. The van der Waals surface area contributed by atoms with E-state index in [0.717, 1.165) is 4.90 Å². The van der Waals surface area contributed by atoms with E-state index in [1.807, 2.05) is 0 Å². The number of carbonyl (C=O) groups is 8. The summed E-state index contributed by atoms with van der Waals surface area (Å²) >= 11 is 0. The topological polar surface area (TPSA) is 671 Å². The minimum atomic E-state index is -1.47. The summed E-state index contributed by atoms with van der Waals surface area (Å²) in [5, 5.41) is 133. The fraction of sp³-hybridized carbons (Fsp3) is 0.829. The molecule has 15 N–H and O–H groups in total. The molecule has 3 aromatic heterocycles.